The van der Waals surface area contributed by atoms with E-state index in [1.807, 2.05) is 24.3 Å². The quantitative estimate of drug-likeness (QED) is 0.829. The molecular weight excluding hydrogens is 248 g/mol. The summed E-state index contributed by atoms with van der Waals surface area (Å²) in [7, 11) is 1.65. The maximum Gasteiger partial charge on any atom is 0.168 e. The fraction of sp³-hybridized carbons (Fsp3) is 0.533. The Hall–Kier alpha value is -0.860. The van der Waals surface area contributed by atoms with Crippen molar-refractivity contribution in [3.8, 4) is 0 Å². The Kier molecular flexibility index (Phi) is 4.41. The number of carbonyl (C=O) groups excluding carboxylic acids is 1. The Morgan fingerprint density at radius 1 is 1.33 bits per heavy atom. The molecule has 98 valence electrons. The summed E-state index contributed by atoms with van der Waals surface area (Å²) in [6.45, 7) is 0. The Morgan fingerprint density at radius 2 is 2.06 bits per heavy atom. The third kappa shape index (κ3) is 2.93. The first kappa shape index (κ1) is 13.6. The summed E-state index contributed by atoms with van der Waals surface area (Å²) in [5, 5.41) is 0.676. The second-order valence-corrected chi connectivity index (χ2v) is 5.43. The van der Waals surface area contributed by atoms with Gasteiger partial charge in [0.2, 0.25) is 0 Å². The highest BCUT2D eigenvalue weighted by atomic mass is 35.5. The van der Waals surface area contributed by atoms with Crippen LogP contribution >= 0.6 is 11.6 Å². The lowest BCUT2D eigenvalue weighted by molar-refractivity contribution is -0.144. The zero-order valence-corrected chi connectivity index (χ0v) is 11.5. The van der Waals surface area contributed by atoms with E-state index in [0.717, 1.165) is 31.2 Å². The van der Waals surface area contributed by atoms with Gasteiger partial charge in [-0.15, -0.1) is 0 Å². The van der Waals surface area contributed by atoms with Crippen LogP contribution < -0.4 is 0 Å². The van der Waals surface area contributed by atoms with Crippen molar-refractivity contribution in [2.75, 3.05) is 7.11 Å². The predicted octanol–water partition coefficient (Wildman–Crippen LogP) is 3.80. The van der Waals surface area contributed by atoms with Gasteiger partial charge in [0.15, 0.2) is 5.78 Å². The minimum atomic E-state index is -0.555. The van der Waals surface area contributed by atoms with Crippen molar-refractivity contribution in [3.05, 3.63) is 34.9 Å². The van der Waals surface area contributed by atoms with E-state index in [1.54, 1.807) is 7.11 Å². The van der Waals surface area contributed by atoms with Crippen LogP contribution in [0.5, 0.6) is 0 Å². The third-order valence-electron chi connectivity index (χ3n) is 3.81. The van der Waals surface area contributed by atoms with Crippen LogP contribution in [0.1, 0.15) is 37.7 Å². The number of halogens is 1. The number of ether oxygens (including phenoxy) is 1. The Balaban J connectivity index is 2.10. The summed E-state index contributed by atoms with van der Waals surface area (Å²) in [6, 6.07) is 7.50. The highest BCUT2D eigenvalue weighted by molar-refractivity contribution is 6.30. The van der Waals surface area contributed by atoms with Gasteiger partial charge < -0.3 is 4.74 Å². The van der Waals surface area contributed by atoms with Gasteiger partial charge in [-0.2, -0.15) is 0 Å². The van der Waals surface area contributed by atoms with Crippen LogP contribution in [0.25, 0.3) is 0 Å². The van der Waals surface area contributed by atoms with Crippen molar-refractivity contribution in [1.29, 1.82) is 0 Å². The molecule has 3 heteroatoms. The molecule has 1 aromatic carbocycles. The van der Waals surface area contributed by atoms with Crippen LogP contribution in [0, 0.1) is 0 Å². The molecule has 1 aromatic rings. The van der Waals surface area contributed by atoms with Crippen molar-refractivity contribution in [3.63, 3.8) is 0 Å². The van der Waals surface area contributed by atoms with E-state index in [4.69, 9.17) is 16.3 Å². The number of hydrogen-bond acceptors (Lipinski definition) is 2. The third-order valence-corrected chi connectivity index (χ3v) is 4.05. The van der Waals surface area contributed by atoms with E-state index in [2.05, 4.69) is 0 Å². The average molecular weight is 267 g/mol. The molecular formula is C15H19ClO2. The van der Waals surface area contributed by atoms with E-state index in [9.17, 15) is 4.79 Å². The zero-order chi connectivity index (χ0) is 13.0. The molecule has 0 atom stereocenters. The van der Waals surface area contributed by atoms with Crippen LogP contribution in [-0.4, -0.2) is 18.5 Å². The van der Waals surface area contributed by atoms with Gasteiger partial charge >= 0.3 is 0 Å². The maximum absolute atomic E-state index is 12.5. The van der Waals surface area contributed by atoms with Gasteiger partial charge in [0, 0.05) is 18.6 Å². The number of Topliss-reactive ketones (excluding diaryl/α,β-unsaturated/α-hetero) is 1. The first-order chi connectivity index (χ1) is 8.66. The lowest BCUT2D eigenvalue weighted by Gasteiger charge is -2.34. The predicted molar refractivity (Wildman–Crippen MR) is 73.0 cm³/mol. The normalized spacial score (nSPS) is 18.6. The highest BCUT2D eigenvalue weighted by Crippen LogP contribution is 2.33. The molecule has 0 saturated heterocycles. The Labute approximate surface area is 113 Å². The molecule has 0 heterocycles. The number of rotatable bonds is 4. The van der Waals surface area contributed by atoms with E-state index in [-0.39, 0.29) is 5.78 Å². The largest absolute Gasteiger partial charge is 0.370 e. The van der Waals surface area contributed by atoms with Crippen molar-refractivity contribution in [2.45, 2.75) is 44.1 Å². The summed E-state index contributed by atoms with van der Waals surface area (Å²) in [4.78, 5) is 12.5. The molecule has 2 rings (SSSR count). The smallest absolute Gasteiger partial charge is 0.168 e. The summed E-state index contributed by atoms with van der Waals surface area (Å²) < 4.78 is 5.56. The molecule has 1 aliphatic rings. The number of benzene rings is 1. The van der Waals surface area contributed by atoms with Crippen LogP contribution in [0.3, 0.4) is 0 Å². The average Bonchev–Trinajstić information content (AvgIpc) is 2.39. The molecule has 0 bridgehead atoms. The van der Waals surface area contributed by atoms with Gasteiger partial charge in [0.1, 0.15) is 5.60 Å². The lowest BCUT2D eigenvalue weighted by Crippen LogP contribution is -2.43. The van der Waals surface area contributed by atoms with Crippen LogP contribution in [0.4, 0.5) is 0 Å². The minimum absolute atomic E-state index is 0.187. The molecule has 18 heavy (non-hydrogen) atoms. The van der Waals surface area contributed by atoms with Crippen molar-refractivity contribution in [1.82, 2.24) is 0 Å². The van der Waals surface area contributed by atoms with Crippen molar-refractivity contribution >= 4 is 17.4 Å². The molecule has 1 fully saturated rings. The molecule has 0 aliphatic heterocycles. The molecule has 1 saturated carbocycles. The standard InChI is InChI=1S/C15H19ClO2/c1-18-15(8-3-2-4-9-15)14(17)11-12-6-5-7-13(16)10-12/h5-7,10H,2-4,8-9,11H2,1H3. The summed E-state index contributed by atoms with van der Waals surface area (Å²) in [5.41, 5.74) is 0.412. The zero-order valence-electron chi connectivity index (χ0n) is 10.7. The molecule has 2 nitrogen and oxygen atoms in total. The molecule has 0 unspecified atom stereocenters. The summed E-state index contributed by atoms with van der Waals surface area (Å²) >= 11 is 5.94. The van der Waals surface area contributed by atoms with Gasteiger partial charge in [-0.05, 0) is 30.5 Å². The fourth-order valence-electron chi connectivity index (χ4n) is 2.71. The second kappa shape index (κ2) is 5.85. The lowest BCUT2D eigenvalue weighted by atomic mass is 9.79. The Morgan fingerprint density at radius 3 is 2.67 bits per heavy atom. The van der Waals surface area contributed by atoms with E-state index < -0.39 is 5.60 Å². The van der Waals surface area contributed by atoms with E-state index >= 15 is 0 Å². The molecule has 0 aromatic heterocycles. The SMILES string of the molecule is COC1(C(=O)Cc2cccc(Cl)c2)CCCCC1. The van der Waals surface area contributed by atoms with Gasteiger partial charge in [-0.1, -0.05) is 43.0 Å². The Bertz CT molecular complexity index is 422. The molecule has 0 N–H and O–H groups in total. The number of methoxy groups -OCH3 is 1. The van der Waals surface area contributed by atoms with Crippen LogP contribution in [-0.2, 0) is 16.0 Å². The van der Waals surface area contributed by atoms with Crippen LogP contribution in [0.2, 0.25) is 5.02 Å². The van der Waals surface area contributed by atoms with Gasteiger partial charge in [-0.25, -0.2) is 0 Å². The fourth-order valence-corrected chi connectivity index (χ4v) is 2.93. The van der Waals surface area contributed by atoms with E-state index in [1.165, 1.54) is 6.42 Å². The molecule has 0 amide bonds. The first-order valence-electron chi connectivity index (χ1n) is 6.49. The topological polar surface area (TPSA) is 26.3 Å². The minimum Gasteiger partial charge on any atom is -0.370 e. The molecule has 0 spiro atoms. The highest BCUT2D eigenvalue weighted by Gasteiger charge is 2.38. The van der Waals surface area contributed by atoms with Gasteiger partial charge in [-0.3, -0.25) is 4.79 Å². The summed E-state index contributed by atoms with van der Waals surface area (Å²) in [6.07, 6.45) is 5.47. The number of hydrogen-bond donors (Lipinski definition) is 0. The van der Waals surface area contributed by atoms with Gasteiger partial charge in [0.05, 0.1) is 0 Å². The van der Waals surface area contributed by atoms with Crippen molar-refractivity contribution in [2.24, 2.45) is 0 Å². The summed E-state index contributed by atoms with van der Waals surface area (Å²) in [5.74, 6) is 0.187. The molecule has 1 aliphatic carbocycles. The van der Waals surface area contributed by atoms with Gasteiger partial charge in [0.25, 0.3) is 0 Å². The second-order valence-electron chi connectivity index (χ2n) is 4.99. The van der Waals surface area contributed by atoms with E-state index in [0.29, 0.717) is 11.4 Å². The monoisotopic (exact) mass is 266 g/mol. The number of ketones is 1. The maximum atomic E-state index is 12.5. The first-order valence-corrected chi connectivity index (χ1v) is 6.87. The number of carbonyl (C=O) groups is 1. The van der Waals surface area contributed by atoms with Crippen molar-refractivity contribution < 1.29 is 9.53 Å². The van der Waals surface area contributed by atoms with Crippen LogP contribution in [0.15, 0.2) is 24.3 Å². The molecule has 0 radical (unpaired) electrons.